The Morgan fingerprint density at radius 1 is 1.00 bits per heavy atom. The van der Waals surface area contributed by atoms with Gasteiger partial charge in [-0.25, -0.2) is 4.98 Å². The molecule has 0 N–H and O–H groups in total. The fourth-order valence-electron chi connectivity index (χ4n) is 3.72. The van der Waals surface area contributed by atoms with Crippen LogP contribution in [0.4, 0.5) is 0 Å². The number of hydrogen-bond acceptors (Lipinski definition) is 6. The van der Waals surface area contributed by atoms with Crippen LogP contribution in [-0.4, -0.2) is 84.6 Å². The molecule has 0 unspecified atom stereocenters. The molecule has 0 atom stereocenters. The molecule has 2 aliphatic rings. The molecular weight excluding hydrogens is 372 g/mol. The van der Waals surface area contributed by atoms with E-state index in [-0.39, 0.29) is 5.91 Å². The number of ether oxygens (including phenoxy) is 1. The number of benzene rings is 1. The largest absolute Gasteiger partial charge is 0.378 e. The quantitative estimate of drug-likeness (QED) is 0.744. The number of morpholine rings is 1. The number of piperazine rings is 1. The molecule has 4 rings (SSSR count). The lowest BCUT2D eigenvalue weighted by Gasteiger charge is -2.34. The molecule has 0 radical (unpaired) electrons. The topological polar surface area (TPSA) is 48.9 Å². The first-order valence-corrected chi connectivity index (χ1v) is 11.0. The minimum atomic E-state index is 0.265. The first-order valence-electron chi connectivity index (χ1n) is 10.1. The third kappa shape index (κ3) is 5.17. The van der Waals surface area contributed by atoms with Gasteiger partial charge in [0, 0.05) is 69.7 Å². The standard InChI is InChI=1S/C21H28N4O2S/c26-20(25-12-14-27-15-13-25)6-7-23-8-10-24(11-9-23)16-19-17-28-21(22-19)18-4-2-1-3-5-18/h1-5,17H,6-16H2. The van der Waals surface area contributed by atoms with Crippen molar-refractivity contribution in [3.63, 3.8) is 0 Å². The second-order valence-electron chi connectivity index (χ2n) is 7.37. The van der Waals surface area contributed by atoms with Crippen molar-refractivity contribution >= 4 is 17.2 Å². The summed E-state index contributed by atoms with van der Waals surface area (Å²) in [5.41, 5.74) is 2.34. The number of rotatable bonds is 6. The summed E-state index contributed by atoms with van der Waals surface area (Å²) < 4.78 is 5.32. The monoisotopic (exact) mass is 400 g/mol. The average molecular weight is 401 g/mol. The van der Waals surface area contributed by atoms with Crippen LogP contribution in [0.3, 0.4) is 0 Å². The van der Waals surface area contributed by atoms with Crippen LogP contribution < -0.4 is 0 Å². The molecule has 7 heteroatoms. The van der Waals surface area contributed by atoms with Crippen LogP contribution in [0, 0.1) is 0 Å². The molecule has 0 spiro atoms. The van der Waals surface area contributed by atoms with Gasteiger partial charge in [-0.15, -0.1) is 11.3 Å². The molecule has 1 amide bonds. The van der Waals surface area contributed by atoms with E-state index in [1.807, 2.05) is 11.0 Å². The summed E-state index contributed by atoms with van der Waals surface area (Å²) in [6, 6.07) is 10.4. The van der Waals surface area contributed by atoms with E-state index in [9.17, 15) is 4.79 Å². The van der Waals surface area contributed by atoms with E-state index in [4.69, 9.17) is 9.72 Å². The van der Waals surface area contributed by atoms with E-state index >= 15 is 0 Å². The lowest BCUT2D eigenvalue weighted by molar-refractivity contribution is -0.135. The van der Waals surface area contributed by atoms with Gasteiger partial charge in [-0.3, -0.25) is 9.69 Å². The Balaban J connectivity index is 1.19. The van der Waals surface area contributed by atoms with Crippen LogP contribution in [0.25, 0.3) is 10.6 Å². The van der Waals surface area contributed by atoms with E-state index in [0.29, 0.717) is 19.6 Å². The maximum atomic E-state index is 12.3. The minimum Gasteiger partial charge on any atom is -0.378 e. The smallest absolute Gasteiger partial charge is 0.224 e. The normalized spacial score (nSPS) is 19.1. The Morgan fingerprint density at radius 2 is 1.71 bits per heavy atom. The number of aromatic nitrogens is 1. The van der Waals surface area contributed by atoms with Crippen LogP contribution in [0.15, 0.2) is 35.7 Å². The zero-order valence-corrected chi connectivity index (χ0v) is 17.1. The number of thiazole rings is 1. The summed E-state index contributed by atoms with van der Waals surface area (Å²) in [5.74, 6) is 0.265. The van der Waals surface area contributed by atoms with Crippen molar-refractivity contribution in [2.24, 2.45) is 0 Å². The molecule has 0 bridgehead atoms. The second kappa shape index (κ2) is 9.60. The van der Waals surface area contributed by atoms with Crippen LogP contribution in [0.5, 0.6) is 0 Å². The van der Waals surface area contributed by atoms with Crippen LogP contribution in [-0.2, 0) is 16.1 Å². The van der Waals surface area contributed by atoms with Gasteiger partial charge < -0.3 is 14.5 Å². The molecule has 2 aromatic rings. The van der Waals surface area contributed by atoms with Gasteiger partial charge in [-0.2, -0.15) is 0 Å². The summed E-state index contributed by atoms with van der Waals surface area (Å²) in [4.78, 5) is 23.9. The predicted molar refractivity (Wildman–Crippen MR) is 111 cm³/mol. The molecule has 6 nitrogen and oxygen atoms in total. The predicted octanol–water partition coefficient (Wildman–Crippen LogP) is 2.18. The summed E-state index contributed by atoms with van der Waals surface area (Å²) in [7, 11) is 0. The Bertz CT molecular complexity index is 753. The molecule has 0 saturated carbocycles. The third-order valence-corrected chi connectivity index (χ3v) is 6.37. The zero-order valence-electron chi connectivity index (χ0n) is 16.3. The number of carbonyl (C=O) groups is 1. The van der Waals surface area contributed by atoms with Crippen molar-refractivity contribution < 1.29 is 9.53 Å². The molecule has 2 aliphatic heterocycles. The maximum Gasteiger partial charge on any atom is 0.224 e. The maximum absolute atomic E-state index is 12.3. The Kier molecular flexibility index (Phi) is 6.69. The van der Waals surface area contributed by atoms with Crippen molar-refractivity contribution in [3.05, 3.63) is 41.4 Å². The lowest BCUT2D eigenvalue weighted by Crippen LogP contribution is -2.47. The van der Waals surface area contributed by atoms with Crippen LogP contribution in [0.2, 0.25) is 0 Å². The number of amides is 1. The minimum absolute atomic E-state index is 0.265. The highest BCUT2D eigenvalue weighted by atomic mass is 32.1. The molecule has 1 aromatic carbocycles. The Morgan fingerprint density at radius 3 is 2.46 bits per heavy atom. The highest BCUT2D eigenvalue weighted by molar-refractivity contribution is 7.13. The molecule has 0 aliphatic carbocycles. The van der Waals surface area contributed by atoms with E-state index in [1.165, 1.54) is 5.56 Å². The molecule has 3 heterocycles. The van der Waals surface area contributed by atoms with Gasteiger partial charge in [0.2, 0.25) is 5.91 Å². The fourth-order valence-corrected chi connectivity index (χ4v) is 4.53. The number of hydrogen-bond donors (Lipinski definition) is 0. The van der Waals surface area contributed by atoms with Gasteiger partial charge in [-0.05, 0) is 0 Å². The fraction of sp³-hybridized carbons (Fsp3) is 0.524. The summed E-state index contributed by atoms with van der Waals surface area (Å²) >= 11 is 1.72. The number of carbonyl (C=O) groups excluding carboxylic acids is 1. The van der Waals surface area contributed by atoms with Gasteiger partial charge in [0.05, 0.1) is 18.9 Å². The summed E-state index contributed by atoms with van der Waals surface area (Å²) in [6.45, 7) is 8.70. The van der Waals surface area contributed by atoms with Gasteiger partial charge in [0.15, 0.2) is 0 Å². The summed E-state index contributed by atoms with van der Waals surface area (Å²) in [6.07, 6.45) is 0.618. The Hall–Kier alpha value is -1.80. The van der Waals surface area contributed by atoms with Gasteiger partial charge in [0.1, 0.15) is 5.01 Å². The van der Waals surface area contributed by atoms with Crippen LogP contribution in [0.1, 0.15) is 12.1 Å². The van der Waals surface area contributed by atoms with Crippen molar-refractivity contribution in [2.75, 3.05) is 59.0 Å². The second-order valence-corrected chi connectivity index (χ2v) is 8.23. The van der Waals surface area contributed by atoms with Crippen molar-refractivity contribution in [1.29, 1.82) is 0 Å². The highest BCUT2D eigenvalue weighted by Gasteiger charge is 2.21. The van der Waals surface area contributed by atoms with Gasteiger partial charge >= 0.3 is 0 Å². The highest BCUT2D eigenvalue weighted by Crippen LogP contribution is 2.24. The van der Waals surface area contributed by atoms with E-state index in [0.717, 1.165) is 63.1 Å². The average Bonchev–Trinajstić information content (AvgIpc) is 3.23. The zero-order chi connectivity index (χ0) is 19.2. The number of nitrogens with zero attached hydrogens (tertiary/aromatic N) is 4. The first-order chi connectivity index (χ1) is 13.8. The first kappa shape index (κ1) is 19.5. The third-order valence-electron chi connectivity index (χ3n) is 5.43. The van der Waals surface area contributed by atoms with Crippen LogP contribution >= 0.6 is 11.3 Å². The molecule has 1 aromatic heterocycles. The van der Waals surface area contributed by atoms with E-state index in [1.54, 1.807) is 11.3 Å². The van der Waals surface area contributed by atoms with Crippen molar-refractivity contribution in [3.8, 4) is 10.6 Å². The van der Waals surface area contributed by atoms with E-state index < -0.39 is 0 Å². The molecule has 150 valence electrons. The molecular formula is C21H28N4O2S. The summed E-state index contributed by atoms with van der Waals surface area (Å²) in [5, 5.41) is 3.27. The Labute approximate surface area is 170 Å². The molecule has 2 saturated heterocycles. The van der Waals surface area contributed by atoms with Crippen molar-refractivity contribution in [2.45, 2.75) is 13.0 Å². The molecule has 2 fully saturated rings. The lowest BCUT2D eigenvalue weighted by atomic mass is 10.2. The van der Waals surface area contributed by atoms with Gasteiger partial charge in [0.25, 0.3) is 0 Å². The van der Waals surface area contributed by atoms with Crippen molar-refractivity contribution in [1.82, 2.24) is 19.7 Å². The van der Waals surface area contributed by atoms with E-state index in [2.05, 4.69) is 39.4 Å². The van der Waals surface area contributed by atoms with Gasteiger partial charge in [-0.1, -0.05) is 30.3 Å². The SMILES string of the molecule is O=C(CCN1CCN(Cc2csc(-c3ccccc3)n2)CC1)N1CCOCC1. The molecule has 28 heavy (non-hydrogen) atoms.